The molecule has 13 nitrogen and oxygen atoms in total. The number of amides is 1. The van der Waals surface area contributed by atoms with E-state index in [1.54, 1.807) is 0 Å². The van der Waals surface area contributed by atoms with Crippen molar-refractivity contribution in [2.45, 2.75) is 30.6 Å². The van der Waals surface area contributed by atoms with Crippen LogP contribution in [0.1, 0.15) is 0 Å². The highest BCUT2D eigenvalue weighted by Crippen LogP contribution is 2.40. The number of ether oxygens (including phenoxy) is 1. The van der Waals surface area contributed by atoms with Gasteiger partial charge in [-0.2, -0.15) is 0 Å². The van der Waals surface area contributed by atoms with Gasteiger partial charge in [0.25, 0.3) is 0 Å². The van der Waals surface area contributed by atoms with Crippen LogP contribution in [0.2, 0.25) is 0 Å². The molecule has 126 valence electrons. The Hall–Kier alpha value is -1.27. The molecule has 1 aliphatic heterocycles. The molecule has 0 aromatic heterocycles. The highest BCUT2D eigenvalue weighted by molar-refractivity contribution is 7.46. The van der Waals surface area contributed by atoms with Crippen molar-refractivity contribution in [3.05, 3.63) is 10.4 Å². The second-order valence-corrected chi connectivity index (χ2v) is 5.48. The Kier molecular flexibility index (Phi) is 6.68. The lowest BCUT2D eigenvalue weighted by atomic mass is 9.97. The number of hydrogen-bond donors (Lipinski definition) is 6. The third-order valence-electron chi connectivity index (χ3n) is 2.73. The third kappa shape index (κ3) is 5.18. The van der Waals surface area contributed by atoms with Crippen LogP contribution in [0.5, 0.6) is 0 Å². The SMILES string of the molecule is [N-]=[N+]=NCC(=O)N[C@H]1[C@@H](OP(=O)(O)O)O[C@H](CO)[C@H](O)[C@@H]1O. The molecular formula is C8H15N4O9P. The minimum absolute atomic E-state index is 0.651. The Morgan fingerprint density at radius 1 is 1.41 bits per heavy atom. The molecule has 1 aliphatic rings. The van der Waals surface area contributed by atoms with Crippen molar-refractivity contribution in [3.8, 4) is 0 Å². The van der Waals surface area contributed by atoms with E-state index in [0.29, 0.717) is 0 Å². The average Bonchev–Trinajstić information content (AvgIpc) is 2.43. The Morgan fingerprint density at radius 2 is 2.05 bits per heavy atom. The van der Waals surface area contributed by atoms with Crippen molar-refractivity contribution in [2.75, 3.05) is 13.2 Å². The van der Waals surface area contributed by atoms with Gasteiger partial charge < -0.3 is 35.2 Å². The number of rotatable bonds is 6. The lowest BCUT2D eigenvalue weighted by Crippen LogP contribution is -2.64. The zero-order valence-corrected chi connectivity index (χ0v) is 11.9. The fourth-order valence-electron chi connectivity index (χ4n) is 1.79. The van der Waals surface area contributed by atoms with Gasteiger partial charge in [-0.25, -0.2) is 4.57 Å². The fourth-order valence-corrected chi connectivity index (χ4v) is 2.24. The quantitative estimate of drug-likeness (QED) is 0.128. The minimum atomic E-state index is -5.05. The molecule has 1 fully saturated rings. The zero-order chi connectivity index (χ0) is 16.9. The normalized spacial score (nSPS) is 32.1. The lowest BCUT2D eigenvalue weighted by molar-refractivity contribution is -0.248. The summed E-state index contributed by atoms with van der Waals surface area (Å²) in [4.78, 5) is 31.4. The van der Waals surface area contributed by atoms with E-state index in [2.05, 4.69) is 19.9 Å². The van der Waals surface area contributed by atoms with Crippen molar-refractivity contribution in [3.63, 3.8) is 0 Å². The van der Waals surface area contributed by atoms with Crippen LogP contribution in [0.3, 0.4) is 0 Å². The number of phosphoric ester groups is 1. The van der Waals surface area contributed by atoms with E-state index in [9.17, 15) is 19.6 Å². The van der Waals surface area contributed by atoms with E-state index < -0.39 is 57.5 Å². The van der Waals surface area contributed by atoms with Crippen LogP contribution in [-0.4, -0.2) is 74.8 Å². The van der Waals surface area contributed by atoms with E-state index in [4.69, 9.17) is 25.2 Å². The van der Waals surface area contributed by atoms with Gasteiger partial charge in [-0.15, -0.1) is 0 Å². The summed E-state index contributed by atoms with van der Waals surface area (Å²) in [7, 11) is -5.05. The van der Waals surface area contributed by atoms with Gasteiger partial charge in [-0.1, -0.05) is 5.11 Å². The minimum Gasteiger partial charge on any atom is -0.394 e. The van der Waals surface area contributed by atoms with Crippen molar-refractivity contribution >= 4 is 13.7 Å². The predicted molar refractivity (Wildman–Crippen MR) is 66.8 cm³/mol. The molecule has 22 heavy (non-hydrogen) atoms. The van der Waals surface area contributed by atoms with Gasteiger partial charge in [0, 0.05) is 4.91 Å². The van der Waals surface area contributed by atoms with E-state index in [1.165, 1.54) is 0 Å². The molecule has 0 aliphatic carbocycles. The van der Waals surface area contributed by atoms with Crippen molar-refractivity contribution in [1.29, 1.82) is 0 Å². The smallest absolute Gasteiger partial charge is 0.394 e. The topological polar surface area (TPSA) is 215 Å². The number of carbonyl (C=O) groups is 1. The maximum absolute atomic E-state index is 11.5. The molecule has 0 saturated carbocycles. The summed E-state index contributed by atoms with van der Waals surface area (Å²) in [6.45, 7) is -1.42. The summed E-state index contributed by atoms with van der Waals surface area (Å²) >= 11 is 0. The Bertz CT molecular complexity index is 492. The van der Waals surface area contributed by atoms with Crippen LogP contribution in [-0.2, 0) is 18.6 Å². The summed E-state index contributed by atoms with van der Waals surface area (Å²) in [6.07, 6.45) is -6.62. The third-order valence-corrected chi connectivity index (χ3v) is 3.21. The Labute approximate surface area is 123 Å². The molecule has 0 spiro atoms. The number of nitrogens with one attached hydrogen (secondary N) is 1. The van der Waals surface area contributed by atoms with E-state index in [0.717, 1.165) is 0 Å². The number of phosphoric acid groups is 1. The maximum Gasteiger partial charge on any atom is 0.472 e. The van der Waals surface area contributed by atoms with E-state index in [1.807, 2.05) is 0 Å². The van der Waals surface area contributed by atoms with Crippen molar-refractivity contribution in [2.24, 2.45) is 5.11 Å². The molecule has 0 unspecified atom stereocenters. The summed E-state index contributed by atoms with van der Waals surface area (Å²) in [5.41, 5.74) is 8.10. The molecule has 1 amide bonds. The molecule has 0 radical (unpaired) electrons. The summed E-state index contributed by atoms with van der Waals surface area (Å²) < 4.78 is 20.1. The molecule has 5 atom stereocenters. The summed E-state index contributed by atoms with van der Waals surface area (Å²) in [5, 5.41) is 33.6. The lowest BCUT2D eigenvalue weighted by Gasteiger charge is -2.41. The monoisotopic (exact) mass is 342 g/mol. The highest BCUT2D eigenvalue weighted by Gasteiger charge is 2.47. The molecule has 6 N–H and O–H groups in total. The molecular weight excluding hydrogens is 327 g/mol. The maximum atomic E-state index is 11.5. The Morgan fingerprint density at radius 3 is 2.55 bits per heavy atom. The van der Waals surface area contributed by atoms with Crippen LogP contribution >= 0.6 is 7.82 Å². The number of nitrogens with zero attached hydrogens (tertiary/aromatic N) is 3. The first-order chi connectivity index (χ1) is 10.2. The first-order valence-corrected chi connectivity index (χ1v) is 7.39. The van der Waals surface area contributed by atoms with Gasteiger partial charge in [0.05, 0.1) is 6.61 Å². The largest absolute Gasteiger partial charge is 0.472 e. The highest BCUT2D eigenvalue weighted by atomic mass is 31.2. The van der Waals surface area contributed by atoms with Crippen molar-refractivity contribution in [1.82, 2.24) is 5.32 Å². The van der Waals surface area contributed by atoms with Crippen LogP contribution in [0, 0.1) is 0 Å². The fraction of sp³-hybridized carbons (Fsp3) is 0.875. The number of carbonyl (C=O) groups excluding carboxylic acids is 1. The van der Waals surface area contributed by atoms with Crippen molar-refractivity contribution < 1.29 is 43.7 Å². The van der Waals surface area contributed by atoms with Gasteiger partial charge in [-0.3, -0.25) is 9.32 Å². The molecule has 1 heterocycles. The number of aliphatic hydroxyl groups excluding tert-OH is 3. The molecule has 0 aromatic carbocycles. The van der Waals surface area contributed by atoms with Gasteiger partial charge >= 0.3 is 7.82 Å². The summed E-state index contributed by atoms with van der Waals surface area (Å²) in [6, 6.07) is -1.56. The zero-order valence-electron chi connectivity index (χ0n) is 11.0. The second kappa shape index (κ2) is 7.83. The average molecular weight is 342 g/mol. The van der Waals surface area contributed by atoms with Gasteiger partial charge in [0.1, 0.15) is 30.9 Å². The molecule has 1 saturated heterocycles. The first kappa shape index (κ1) is 18.8. The van der Waals surface area contributed by atoms with Crippen LogP contribution < -0.4 is 5.32 Å². The first-order valence-electron chi connectivity index (χ1n) is 5.86. The number of aliphatic hydroxyl groups is 3. The van der Waals surface area contributed by atoms with Crippen LogP contribution in [0.15, 0.2) is 5.11 Å². The predicted octanol–water partition coefficient (Wildman–Crippen LogP) is -2.67. The van der Waals surface area contributed by atoms with E-state index in [-0.39, 0.29) is 0 Å². The van der Waals surface area contributed by atoms with Gasteiger partial charge in [0.2, 0.25) is 5.91 Å². The van der Waals surface area contributed by atoms with E-state index >= 15 is 0 Å². The van der Waals surface area contributed by atoms with Crippen LogP contribution in [0.25, 0.3) is 10.4 Å². The molecule has 1 rings (SSSR count). The van der Waals surface area contributed by atoms with Crippen LogP contribution in [0.4, 0.5) is 0 Å². The summed E-state index contributed by atoms with van der Waals surface area (Å²) in [5.74, 6) is -0.903. The second-order valence-electron chi connectivity index (χ2n) is 4.28. The number of hydrogen-bond acceptors (Lipinski definition) is 8. The number of azide groups is 1. The molecule has 0 aromatic rings. The Balaban J connectivity index is 2.92. The molecule has 0 bridgehead atoms. The standard InChI is InChI=1S/C8H15N4O9P/c9-12-10-1-4(14)11-5-7(16)6(15)3(2-13)20-8(5)21-22(17,18)19/h3,5-8,13,15-16H,1-2H2,(H,11,14)(H2,17,18,19)/t3-,5-,6+,7-,8-/m1/s1. The van der Waals surface area contributed by atoms with Gasteiger partial charge in [-0.05, 0) is 5.53 Å². The van der Waals surface area contributed by atoms with Gasteiger partial charge in [0.15, 0.2) is 6.29 Å². The molecule has 14 heteroatoms.